The Kier molecular flexibility index (Phi) is 4.73. The number of aryl methyl sites for hydroxylation is 1. The van der Waals surface area contributed by atoms with Crippen molar-refractivity contribution in [2.45, 2.75) is 13.8 Å². The number of thiazole rings is 1. The average molecular weight is 417 g/mol. The van der Waals surface area contributed by atoms with Crippen LogP contribution in [-0.2, 0) is 0 Å². The van der Waals surface area contributed by atoms with E-state index < -0.39 is 0 Å². The topological polar surface area (TPSA) is 85.6 Å². The van der Waals surface area contributed by atoms with Crippen molar-refractivity contribution in [2.24, 2.45) is 0 Å². The van der Waals surface area contributed by atoms with E-state index in [-0.39, 0.29) is 5.91 Å². The minimum absolute atomic E-state index is 0.237. The van der Waals surface area contributed by atoms with Crippen molar-refractivity contribution in [3.8, 4) is 16.3 Å². The molecule has 1 amide bonds. The van der Waals surface area contributed by atoms with Gasteiger partial charge in [0.05, 0.1) is 11.3 Å². The van der Waals surface area contributed by atoms with Gasteiger partial charge in [0, 0.05) is 20.8 Å². The fraction of sp³-hybridized carbons (Fsp3) is 0.118. The van der Waals surface area contributed by atoms with Crippen molar-refractivity contribution in [1.29, 1.82) is 0 Å². The molecule has 0 bridgehead atoms. The summed E-state index contributed by atoms with van der Waals surface area (Å²) in [6.45, 7) is 3.88. The highest BCUT2D eigenvalue weighted by atomic mass is 35.5. The third-order valence-electron chi connectivity index (χ3n) is 4.02. The van der Waals surface area contributed by atoms with E-state index in [9.17, 15) is 4.79 Å². The molecule has 0 radical (unpaired) electrons. The lowest BCUT2D eigenvalue weighted by Gasteiger charge is -2.04. The second-order valence-corrected chi connectivity index (χ2v) is 8.21. The van der Waals surface area contributed by atoms with Gasteiger partial charge in [-0.3, -0.25) is 10.1 Å². The van der Waals surface area contributed by atoms with E-state index in [1.807, 2.05) is 43.5 Å². The first-order valence-electron chi connectivity index (χ1n) is 7.89. The lowest BCUT2D eigenvalue weighted by Crippen LogP contribution is -2.15. The Morgan fingerprint density at radius 2 is 2.00 bits per heavy atom. The molecule has 0 aliphatic heterocycles. The van der Waals surface area contributed by atoms with E-state index >= 15 is 0 Å². The highest BCUT2D eigenvalue weighted by Gasteiger charge is 2.22. The highest BCUT2D eigenvalue weighted by Crippen LogP contribution is 2.32. The molecule has 1 N–H and O–H groups in total. The molecule has 3 heterocycles. The number of halogens is 1. The van der Waals surface area contributed by atoms with Crippen molar-refractivity contribution >= 4 is 45.3 Å². The molecule has 0 atom stereocenters. The van der Waals surface area contributed by atoms with Gasteiger partial charge in [-0.1, -0.05) is 23.7 Å². The maximum Gasteiger partial charge on any atom is 0.260 e. The van der Waals surface area contributed by atoms with Crippen LogP contribution in [-0.4, -0.2) is 31.1 Å². The summed E-state index contributed by atoms with van der Waals surface area (Å²) in [5, 5.41) is 17.9. The highest BCUT2D eigenvalue weighted by molar-refractivity contribution is 7.15. The number of anilines is 1. The van der Waals surface area contributed by atoms with Crippen LogP contribution in [0.5, 0.6) is 0 Å². The SMILES string of the molecule is Cc1sc(-n2cnnn2)c(C(=O)Nc2nc(-c3ccc(Cl)cc3)cs2)c1C. The number of rotatable bonds is 4. The summed E-state index contributed by atoms with van der Waals surface area (Å²) < 4.78 is 1.50. The van der Waals surface area contributed by atoms with Gasteiger partial charge in [0.15, 0.2) is 5.13 Å². The predicted molar refractivity (Wildman–Crippen MR) is 107 cm³/mol. The van der Waals surface area contributed by atoms with Gasteiger partial charge in [0.1, 0.15) is 11.3 Å². The van der Waals surface area contributed by atoms with Crippen molar-refractivity contribution in [3.63, 3.8) is 0 Å². The Bertz CT molecular complexity index is 1100. The number of hydrogen-bond acceptors (Lipinski definition) is 7. The third kappa shape index (κ3) is 3.48. The van der Waals surface area contributed by atoms with Crippen LogP contribution < -0.4 is 5.32 Å². The summed E-state index contributed by atoms with van der Waals surface area (Å²) in [6.07, 6.45) is 1.48. The second kappa shape index (κ2) is 7.18. The Hall–Kier alpha value is -2.62. The van der Waals surface area contributed by atoms with Crippen LogP contribution in [0.15, 0.2) is 36.0 Å². The number of hydrogen-bond donors (Lipinski definition) is 1. The Balaban J connectivity index is 1.61. The van der Waals surface area contributed by atoms with Gasteiger partial charge in [0.25, 0.3) is 5.91 Å². The van der Waals surface area contributed by atoms with E-state index in [0.717, 1.165) is 21.7 Å². The minimum Gasteiger partial charge on any atom is -0.298 e. The van der Waals surface area contributed by atoms with Crippen molar-refractivity contribution in [3.05, 3.63) is 57.0 Å². The molecule has 27 heavy (non-hydrogen) atoms. The smallest absolute Gasteiger partial charge is 0.260 e. The van der Waals surface area contributed by atoms with Crippen LogP contribution in [0.2, 0.25) is 5.02 Å². The van der Waals surface area contributed by atoms with Crippen LogP contribution in [0.25, 0.3) is 16.3 Å². The van der Waals surface area contributed by atoms with Gasteiger partial charge in [-0.15, -0.1) is 27.8 Å². The number of nitrogens with one attached hydrogen (secondary N) is 1. The number of carbonyl (C=O) groups excluding carboxylic acids is 1. The van der Waals surface area contributed by atoms with Crippen LogP contribution in [0, 0.1) is 13.8 Å². The standard InChI is InChI=1S/C17H13ClN6OS2/c1-9-10(2)27-16(24-8-19-22-23-24)14(9)15(25)21-17-20-13(7-26-17)11-3-5-12(18)6-4-11/h3-8H,1-2H3,(H,20,21,25). The molecule has 4 aromatic rings. The fourth-order valence-corrected chi connectivity index (χ4v) is 4.45. The number of aromatic nitrogens is 5. The first kappa shape index (κ1) is 17.8. The molecule has 3 aromatic heterocycles. The molecular formula is C17H13ClN6OS2. The number of benzene rings is 1. The van der Waals surface area contributed by atoms with Gasteiger partial charge in [-0.2, -0.15) is 4.68 Å². The fourth-order valence-electron chi connectivity index (χ4n) is 2.54. The number of nitrogens with zero attached hydrogens (tertiary/aromatic N) is 5. The first-order chi connectivity index (χ1) is 13.0. The van der Waals surface area contributed by atoms with E-state index in [1.165, 1.54) is 33.7 Å². The van der Waals surface area contributed by atoms with Gasteiger partial charge in [-0.05, 0) is 42.0 Å². The maximum absolute atomic E-state index is 12.9. The van der Waals surface area contributed by atoms with Gasteiger partial charge in [-0.25, -0.2) is 4.98 Å². The maximum atomic E-state index is 12.9. The van der Waals surface area contributed by atoms with E-state index in [4.69, 9.17) is 11.6 Å². The summed E-state index contributed by atoms with van der Waals surface area (Å²) in [5.41, 5.74) is 3.17. The van der Waals surface area contributed by atoms with Crippen LogP contribution in [0.1, 0.15) is 20.8 Å². The van der Waals surface area contributed by atoms with E-state index in [2.05, 4.69) is 25.8 Å². The van der Waals surface area contributed by atoms with Gasteiger partial charge >= 0.3 is 0 Å². The zero-order valence-electron chi connectivity index (χ0n) is 14.3. The van der Waals surface area contributed by atoms with Gasteiger partial charge < -0.3 is 0 Å². The monoisotopic (exact) mass is 416 g/mol. The van der Waals surface area contributed by atoms with Gasteiger partial charge in [0.2, 0.25) is 0 Å². The molecule has 0 fully saturated rings. The van der Waals surface area contributed by atoms with Crippen LogP contribution in [0.3, 0.4) is 0 Å². The predicted octanol–water partition coefficient (Wildman–Crippen LogP) is 4.37. The zero-order valence-corrected chi connectivity index (χ0v) is 16.7. The molecule has 0 aliphatic carbocycles. The summed E-state index contributed by atoms with van der Waals surface area (Å²) in [6, 6.07) is 7.41. The summed E-state index contributed by atoms with van der Waals surface area (Å²) >= 11 is 8.76. The number of carbonyl (C=O) groups is 1. The Morgan fingerprint density at radius 1 is 1.22 bits per heavy atom. The molecule has 10 heteroatoms. The molecule has 136 valence electrons. The average Bonchev–Trinajstić information content (AvgIpc) is 3.37. The third-order valence-corrected chi connectivity index (χ3v) is 6.22. The molecule has 4 rings (SSSR count). The zero-order chi connectivity index (χ0) is 19.0. The summed E-state index contributed by atoms with van der Waals surface area (Å²) in [7, 11) is 0. The van der Waals surface area contributed by atoms with Crippen molar-refractivity contribution < 1.29 is 4.79 Å². The lowest BCUT2D eigenvalue weighted by atomic mass is 10.1. The quantitative estimate of drug-likeness (QED) is 0.533. The lowest BCUT2D eigenvalue weighted by molar-refractivity contribution is 0.102. The molecule has 0 spiro atoms. The second-order valence-electron chi connectivity index (χ2n) is 5.72. The first-order valence-corrected chi connectivity index (χ1v) is 9.96. The molecule has 0 aliphatic rings. The molecule has 0 unspecified atom stereocenters. The minimum atomic E-state index is -0.237. The van der Waals surface area contributed by atoms with Crippen LogP contribution in [0.4, 0.5) is 5.13 Å². The van der Waals surface area contributed by atoms with Crippen LogP contribution >= 0.6 is 34.3 Å². The Morgan fingerprint density at radius 3 is 2.70 bits per heavy atom. The van der Waals surface area contributed by atoms with Crippen molar-refractivity contribution in [2.75, 3.05) is 5.32 Å². The molecule has 0 saturated carbocycles. The van der Waals surface area contributed by atoms with E-state index in [0.29, 0.717) is 20.7 Å². The number of tetrazole rings is 1. The van der Waals surface area contributed by atoms with Crippen molar-refractivity contribution in [1.82, 2.24) is 25.2 Å². The molecule has 1 aromatic carbocycles. The molecule has 0 saturated heterocycles. The summed E-state index contributed by atoms with van der Waals surface area (Å²) in [4.78, 5) is 18.5. The van der Waals surface area contributed by atoms with E-state index in [1.54, 1.807) is 0 Å². The molecular weight excluding hydrogens is 404 g/mol. The number of thiophene rings is 1. The normalized spacial score (nSPS) is 10.9. The Labute approximate surface area is 167 Å². The molecule has 7 nitrogen and oxygen atoms in total. The number of amides is 1. The largest absolute Gasteiger partial charge is 0.298 e. The summed E-state index contributed by atoms with van der Waals surface area (Å²) in [5.74, 6) is -0.237.